The minimum atomic E-state index is -0.302. The molecular formula is C14H15FN2O. The molecule has 2 rings (SSSR count). The van der Waals surface area contributed by atoms with E-state index in [9.17, 15) is 4.39 Å². The first kappa shape index (κ1) is 12.5. The summed E-state index contributed by atoms with van der Waals surface area (Å²) in [6, 6.07) is 9.43. The lowest BCUT2D eigenvalue weighted by Gasteiger charge is -2.22. The summed E-state index contributed by atoms with van der Waals surface area (Å²) >= 11 is 0. The van der Waals surface area contributed by atoms with Gasteiger partial charge in [0, 0.05) is 24.0 Å². The predicted octanol–water partition coefficient (Wildman–Crippen LogP) is 2.69. The standard InChI is InChI=1S/C14H15FN2O/c1-10(16)14(11-3-2-8-17-9-11)18-13-6-4-12(15)5-7-13/h2-10,14H,16H2,1H3. The summed E-state index contributed by atoms with van der Waals surface area (Å²) in [4.78, 5) is 4.05. The molecule has 2 unspecified atom stereocenters. The van der Waals surface area contributed by atoms with Crippen LogP contribution < -0.4 is 10.5 Å². The van der Waals surface area contributed by atoms with E-state index in [1.54, 1.807) is 24.5 Å². The van der Waals surface area contributed by atoms with Crippen LogP contribution in [-0.4, -0.2) is 11.0 Å². The Hall–Kier alpha value is -1.94. The van der Waals surface area contributed by atoms with Crippen LogP contribution in [0.2, 0.25) is 0 Å². The van der Waals surface area contributed by atoms with Gasteiger partial charge in [0.25, 0.3) is 0 Å². The van der Waals surface area contributed by atoms with Crippen LogP contribution in [0.1, 0.15) is 18.6 Å². The molecule has 0 amide bonds. The summed E-state index contributed by atoms with van der Waals surface area (Å²) in [6.45, 7) is 1.86. The largest absolute Gasteiger partial charge is 0.484 e. The van der Waals surface area contributed by atoms with Crippen LogP contribution >= 0.6 is 0 Å². The lowest BCUT2D eigenvalue weighted by Crippen LogP contribution is -2.29. The van der Waals surface area contributed by atoms with Crippen molar-refractivity contribution in [2.45, 2.75) is 19.1 Å². The number of ether oxygens (including phenoxy) is 1. The van der Waals surface area contributed by atoms with Crippen LogP contribution in [0.25, 0.3) is 0 Å². The average Bonchev–Trinajstić information content (AvgIpc) is 2.38. The molecule has 2 aromatic rings. The third-order valence-corrected chi connectivity index (χ3v) is 2.57. The summed E-state index contributed by atoms with van der Waals surface area (Å²) in [6.07, 6.45) is 3.11. The Morgan fingerprint density at radius 1 is 1.22 bits per heavy atom. The fraction of sp³-hybridized carbons (Fsp3) is 0.214. The minimum absolute atomic E-state index is 0.195. The fourth-order valence-electron chi connectivity index (χ4n) is 1.68. The highest BCUT2D eigenvalue weighted by atomic mass is 19.1. The van der Waals surface area contributed by atoms with Gasteiger partial charge in [-0.15, -0.1) is 0 Å². The number of pyridine rings is 1. The lowest BCUT2D eigenvalue weighted by molar-refractivity contribution is 0.180. The number of hydrogen-bond donors (Lipinski definition) is 1. The second-order valence-electron chi connectivity index (χ2n) is 4.14. The number of hydrogen-bond acceptors (Lipinski definition) is 3. The zero-order valence-electron chi connectivity index (χ0n) is 10.1. The molecule has 2 N–H and O–H groups in total. The van der Waals surface area contributed by atoms with Gasteiger partial charge in [-0.2, -0.15) is 0 Å². The zero-order chi connectivity index (χ0) is 13.0. The first-order chi connectivity index (χ1) is 8.66. The van der Waals surface area contributed by atoms with E-state index >= 15 is 0 Å². The van der Waals surface area contributed by atoms with Crippen LogP contribution in [0.4, 0.5) is 4.39 Å². The van der Waals surface area contributed by atoms with Crippen LogP contribution in [0.15, 0.2) is 48.8 Å². The van der Waals surface area contributed by atoms with Gasteiger partial charge in [-0.25, -0.2) is 4.39 Å². The van der Waals surface area contributed by atoms with Crippen molar-refractivity contribution in [3.63, 3.8) is 0 Å². The molecule has 0 aliphatic rings. The quantitative estimate of drug-likeness (QED) is 0.902. The number of benzene rings is 1. The molecule has 1 aromatic carbocycles. The summed E-state index contributed by atoms with van der Waals surface area (Å²) in [5.41, 5.74) is 6.82. The van der Waals surface area contributed by atoms with Crippen LogP contribution in [0.3, 0.4) is 0 Å². The highest BCUT2D eigenvalue weighted by Crippen LogP contribution is 2.23. The minimum Gasteiger partial charge on any atom is -0.484 e. The molecule has 0 fully saturated rings. The maximum Gasteiger partial charge on any atom is 0.140 e. The average molecular weight is 246 g/mol. The molecule has 0 bridgehead atoms. The van der Waals surface area contributed by atoms with Crippen LogP contribution in [0, 0.1) is 5.82 Å². The second-order valence-corrected chi connectivity index (χ2v) is 4.14. The second kappa shape index (κ2) is 5.60. The number of nitrogens with two attached hydrogens (primary N) is 1. The van der Waals surface area contributed by atoms with Crippen molar-refractivity contribution in [3.8, 4) is 5.75 Å². The van der Waals surface area contributed by atoms with Crippen molar-refractivity contribution in [2.24, 2.45) is 5.73 Å². The van der Waals surface area contributed by atoms with Gasteiger partial charge in [0.1, 0.15) is 17.7 Å². The van der Waals surface area contributed by atoms with Crippen molar-refractivity contribution < 1.29 is 9.13 Å². The predicted molar refractivity (Wildman–Crippen MR) is 67.7 cm³/mol. The summed E-state index contributed by atoms with van der Waals surface area (Å²) in [7, 11) is 0. The van der Waals surface area contributed by atoms with Gasteiger partial charge in [-0.1, -0.05) is 6.07 Å². The Kier molecular flexibility index (Phi) is 3.89. The third-order valence-electron chi connectivity index (χ3n) is 2.57. The molecule has 0 spiro atoms. The molecule has 0 radical (unpaired) electrons. The number of aromatic nitrogens is 1. The van der Waals surface area contributed by atoms with E-state index in [-0.39, 0.29) is 18.0 Å². The van der Waals surface area contributed by atoms with E-state index < -0.39 is 0 Å². The molecule has 1 aromatic heterocycles. The first-order valence-corrected chi connectivity index (χ1v) is 5.74. The van der Waals surface area contributed by atoms with Gasteiger partial charge in [0.05, 0.1) is 0 Å². The van der Waals surface area contributed by atoms with Crippen molar-refractivity contribution in [1.29, 1.82) is 0 Å². The smallest absolute Gasteiger partial charge is 0.140 e. The fourth-order valence-corrected chi connectivity index (χ4v) is 1.68. The van der Waals surface area contributed by atoms with Crippen LogP contribution in [-0.2, 0) is 0 Å². The number of rotatable bonds is 4. The number of nitrogens with zero attached hydrogens (tertiary/aromatic N) is 1. The Bertz CT molecular complexity index is 485. The molecule has 94 valence electrons. The molecular weight excluding hydrogens is 231 g/mol. The lowest BCUT2D eigenvalue weighted by atomic mass is 10.1. The van der Waals surface area contributed by atoms with Crippen LogP contribution in [0.5, 0.6) is 5.75 Å². The Morgan fingerprint density at radius 2 is 1.94 bits per heavy atom. The van der Waals surface area contributed by atoms with Gasteiger partial charge in [-0.05, 0) is 37.3 Å². The molecule has 0 aliphatic heterocycles. The Balaban J connectivity index is 2.19. The van der Waals surface area contributed by atoms with Gasteiger partial charge in [0.2, 0.25) is 0 Å². The van der Waals surface area contributed by atoms with Crippen molar-refractivity contribution in [2.75, 3.05) is 0 Å². The molecule has 0 saturated carbocycles. The van der Waals surface area contributed by atoms with Gasteiger partial charge in [0.15, 0.2) is 0 Å². The van der Waals surface area contributed by atoms with Gasteiger partial charge >= 0.3 is 0 Å². The molecule has 18 heavy (non-hydrogen) atoms. The van der Waals surface area contributed by atoms with Crippen molar-refractivity contribution >= 4 is 0 Å². The molecule has 1 heterocycles. The van der Waals surface area contributed by atoms with E-state index in [1.165, 1.54) is 12.1 Å². The van der Waals surface area contributed by atoms with Gasteiger partial charge in [-0.3, -0.25) is 4.98 Å². The van der Waals surface area contributed by atoms with Crippen molar-refractivity contribution in [1.82, 2.24) is 4.98 Å². The topological polar surface area (TPSA) is 48.1 Å². The summed E-state index contributed by atoms with van der Waals surface area (Å²) in [5.74, 6) is 0.295. The normalized spacial score (nSPS) is 13.9. The summed E-state index contributed by atoms with van der Waals surface area (Å²) < 4.78 is 18.6. The van der Waals surface area contributed by atoms with Gasteiger partial charge < -0.3 is 10.5 Å². The van der Waals surface area contributed by atoms with E-state index in [1.807, 2.05) is 19.1 Å². The number of halogens is 1. The molecule has 3 nitrogen and oxygen atoms in total. The maximum absolute atomic E-state index is 12.8. The first-order valence-electron chi connectivity index (χ1n) is 5.74. The summed E-state index contributed by atoms with van der Waals surface area (Å²) in [5, 5.41) is 0. The molecule has 0 aliphatic carbocycles. The molecule has 4 heteroatoms. The van der Waals surface area contributed by atoms with Crippen molar-refractivity contribution in [3.05, 3.63) is 60.2 Å². The molecule has 2 atom stereocenters. The zero-order valence-corrected chi connectivity index (χ0v) is 10.1. The highest BCUT2D eigenvalue weighted by molar-refractivity contribution is 5.24. The monoisotopic (exact) mass is 246 g/mol. The Labute approximate surface area is 105 Å². The van der Waals surface area contributed by atoms with E-state index in [0.717, 1.165) is 5.56 Å². The highest BCUT2D eigenvalue weighted by Gasteiger charge is 2.18. The molecule has 0 saturated heterocycles. The maximum atomic E-state index is 12.8. The third kappa shape index (κ3) is 3.05. The van der Waals surface area contributed by atoms with E-state index in [4.69, 9.17) is 10.5 Å². The van der Waals surface area contributed by atoms with E-state index in [2.05, 4.69) is 4.98 Å². The van der Waals surface area contributed by atoms with E-state index in [0.29, 0.717) is 5.75 Å². The SMILES string of the molecule is CC(N)C(Oc1ccc(F)cc1)c1cccnc1. The Morgan fingerprint density at radius 3 is 2.50 bits per heavy atom.